The normalized spacial score (nSPS) is 18.6. The summed E-state index contributed by atoms with van der Waals surface area (Å²) in [6, 6.07) is -1.03. The minimum absolute atomic E-state index is 0.125. The van der Waals surface area contributed by atoms with Gasteiger partial charge in [-0.3, -0.25) is 9.59 Å². The Hall–Kier alpha value is -2.64. The SMILES string of the molecule is CCCCC/C=C\C/C=C\CCCCCCCCCCCCCCCCCCCC(=O)OC1C(OCC(NC(=O)C(O)CCCCCCCCCC/C=C\C/C=C\CCCCC)C(O)/C=C/CCCCCCCCCCCCC)OC(CO)C(O)C1O. The maximum absolute atomic E-state index is 13.5. The van der Waals surface area contributed by atoms with E-state index in [0.717, 1.165) is 77.0 Å². The first kappa shape index (κ1) is 82.4. The highest BCUT2D eigenvalue weighted by Crippen LogP contribution is 2.26. The number of ether oxygens (including phenoxy) is 3. The van der Waals surface area contributed by atoms with Crippen LogP contribution in [0.15, 0.2) is 60.8 Å². The van der Waals surface area contributed by atoms with Crippen LogP contribution in [0, 0.1) is 0 Å². The van der Waals surface area contributed by atoms with Crippen molar-refractivity contribution in [1.29, 1.82) is 0 Å². The van der Waals surface area contributed by atoms with Gasteiger partial charge in [0.25, 0.3) is 0 Å². The summed E-state index contributed by atoms with van der Waals surface area (Å²) in [4.78, 5) is 26.7. The molecule has 87 heavy (non-hydrogen) atoms. The van der Waals surface area contributed by atoms with Crippen LogP contribution < -0.4 is 5.32 Å². The molecule has 0 aromatic heterocycles. The first-order valence-corrected chi connectivity index (χ1v) is 37.1. The molecule has 0 saturated carbocycles. The smallest absolute Gasteiger partial charge is 0.306 e. The number of aliphatic hydroxyl groups excluding tert-OH is 5. The molecule has 0 aromatic carbocycles. The molecule has 0 aromatic rings. The zero-order valence-electron chi connectivity index (χ0n) is 56.6. The predicted molar refractivity (Wildman–Crippen MR) is 366 cm³/mol. The van der Waals surface area contributed by atoms with Gasteiger partial charge in [-0.2, -0.15) is 0 Å². The fourth-order valence-corrected chi connectivity index (χ4v) is 11.5. The molecular formula is C76H139NO10. The first-order valence-electron chi connectivity index (χ1n) is 37.1. The number of amides is 1. The summed E-state index contributed by atoms with van der Waals surface area (Å²) in [5.41, 5.74) is 0. The lowest BCUT2D eigenvalue weighted by atomic mass is 9.99. The first-order chi connectivity index (χ1) is 42.7. The molecule has 8 atom stereocenters. The van der Waals surface area contributed by atoms with Gasteiger partial charge < -0.3 is 45.1 Å². The van der Waals surface area contributed by atoms with Crippen molar-refractivity contribution in [2.75, 3.05) is 13.2 Å². The molecule has 1 saturated heterocycles. The Labute approximate surface area is 535 Å². The predicted octanol–water partition coefficient (Wildman–Crippen LogP) is 19.3. The molecule has 0 bridgehead atoms. The van der Waals surface area contributed by atoms with Crippen LogP contribution in [0.2, 0.25) is 0 Å². The van der Waals surface area contributed by atoms with Crippen LogP contribution in [0.3, 0.4) is 0 Å². The van der Waals surface area contributed by atoms with Gasteiger partial charge in [0.2, 0.25) is 5.91 Å². The van der Waals surface area contributed by atoms with Gasteiger partial charge in [-0.1, -0.05) is 313 Å². The second-order valence-electron chi connectivity index (χ2n) is 25.7. The number of rotatable bonds is 64. The van der Waals surface area contributed by atoms with Crippen molar-refractivity contribution in [1.82, 2.24) is 5.32 Å². The van der Waals surface area contributed by atoms with Crippen molar-refractivity contribution in [3.63, 3.8) is 0 Å². The molecule has 1 aliphatic rings. The molecule has 0 radical (unpaired) electrons. The van der Waals surface area contributed by atoms with E-state index >= 15 is 0 Å². The average molecular weight is 1230 g/mol. The van der Waals surface area contributed by atoms with Crippen molar-refractivity contribution in [3.8, 4) is 0 Å². The van der Waals surface area contributed by atoms with Gasteiger partial charge in [0.15, 0.2) is 12.4 Å². The third kappa shape index (κ3) is 50.7. The van der Waals surface area contributed by atoms with Crippen molar-refractivity contribution in [2.24, 2.45) is 0 Å². The summed E-state index contributed by atoms with van der Waals surface area (Å²) in [7, 11) is 0. The molecule has 508 valence electrons. The molecule has 6 N–H and O–H groups in total. The number of allylic oxidation sites excluding steroid dienone is 9. The maximum atomic E-state index is 13.5. The zero-order valence-corrected chi connectivity index (χ0v) is 56.6. The fourth-order valence-electron chi connectivity index (χ4n) is 11.5. The van der Waals surface area contributed by atoms with Crippen molar-refractivity contribution < 1.29 is 49.3 Å². The van der Waals surface area contributed by atoms with E-state index in [9.17, 15) is 35.1 Å². The zero-order chi connectivity index (χ0) is 63.1. The Bertz CT molecular complexity index is 1650. The Kier molecular flexibility index (Phi) is 60.1. The summed E-state index contributed by atoms with van der Waals surface area (Å²) in [5.74, 6) is -1.19. The van der Waals surface area contributed by atoms with E-state index in [-0.39, 0.29) is 19.4 Å². The number of hydrogen-bond acceptors (Lipinski definition) is 10. The third-order valence-corrected chi connectivity index (χ3v) is 17.4. The van der Waals surface area contributed by atoms with E-state index < -0.39 is 67.4 Å². The fraction of sp³-hybridized carbons (Fsp3) is 0.842. The Morgan fingerprint density at radius 1 is 0.448 bits per heavy atom. The van der Waals surface area contributed by atoms with Crippen LogP contribution in [0.25, 0.3) is 0 Å². The van der Waals surface area contributed by atoms with Crippen molar-refractivity contribution >= 4 is 11.9 Å². The van der Waals surface area contributed by atoms with E-state index in [1.165, 1.54) is 225 Å². The molecule has 1 amide bonds. The van der Waals surface area contributed by atoms with Gasteiger partial charge in [0.1, 0.15) is 24.4 Å². The molecule has 0 spiro atoms. The number of aliphatic hydroxyl groups is 5. The molecule has 8 unspecified atom stereocenters. The van der Waals surface area contributed by atoms with Gasteiger partial charge in [-0.05, 0) is 89.9 Å². The lowest BCUT2D eigenvalue weighted by Crippen LogP contribution is -2.61. The number of nitrogens with one attached hydrogen (secondary N) is 1. The molecule has 1 heterocycles. The average Bonchev–Trinajstić information content (AvgIpc) is 2.51. The number of esters is 1. The van der Waals surface area contributed by atoms with E-state index in [1.807, 2.05) is 6.08 Å². The minimum Gasteiger partial charge on any atom is -0.454 e. The molecule has 1 rings (SSSR count). The summed E-state index contributed by atoms with van der Waals surface area (Å²) in [6.07, 6.45) is 71.2. The van der Waals surface area contributed by atoms with Gasteiger partial charge in [-0.15, -0.1) is 0 Å². The van der Waals surface area contributed by atoms with Crippen LogP contribution in [0.1, 0.15) is 348 Å². The van der Waals surface area contributed by atoms with Crippen molar-refractivity contribution in [3.05, 3.63) is 60.8 Å². The van der Waals surface area contributed by atoms with E-state index in [0.29, 0.717) is 12.8 Å². The second kappa shape index (κ2) is 63.5. The van der Waals surface area contributed by atoms with Crippen LogP contribution in [0.4, 0.5) is 0 Å². The van der Waals surface area contributed by atoms with Gasteiger partial charge in [-0.25, -0.2) is 0 Å². The van der Waals surface area contributed by atoms with E-state index in [2.05, 4.69) is 74.7 Å². The van der Waals surface area contributed by atoms with Crippen LogP contribution in [-0.2, 0) is 23.8 Å². The Balaban J connectivity index is 2.54. The lowest BCUT2D eigenvalue weighted by molar-refractivity contribution is -0.305. The number of unbranched alkanes of at least 4 members (excludes halogenated alkanes) is 42. The quantitative estimate of drug-likeness (QED) is 0.0195. The van der Waals surface area contributed by atoms with Gasteiger partial charge >= 0.3 is 5.97 Å². The molecule has 1 aliphatic heterocycles. The molecule has 11 heteroatoms. The highest BCUT2D eigenvalue weighted by molar-refractivity contribution is 5.80. The van der Waals surface area contributed by atoms with Crippen LogP contribution in [0.5, 0.6) is 0 Å². The molecule has 0 aliphatic carbocycles. The minimum atomic E-state index is -1.62. The van der Waals surface area contributed by atoms with Crippen LogP contribution in [-0.4, -0.2) is 99.6 Å². The van der Waals surface area contributed by atoms with E-state index in [1.54, 1.807) is 6.08 Å². The third-order valence-electron chi connectivity index (χ3n) is 17.4. The summed E-state index contributed by atoms with van der Waals surface area (Å²) in [6.45, 7) is 5.79. The Morgan fingerprint density at radius 2 is 0.793 bits per heavy atom. The monoisotopic (exact) mass is 1230 g/mol. The molecular weight excluding hydrogens is 1090 g/mol. The topological polar surface area (TPSA) is 175 Å². The number of carbonyl (C=O) groups excluding carboxylic acids is 2. The number of carbonyl (C=O) groups is 2. The number of hydrogen-bond donors (Lipinski definition) is 6. The summed E-state index contributed by atoms with van der Waals surface area (Å²) in [5, 5.41) is 57.3. The van der Waals surface area contributed by atoms with Crippen LogP contribution >= 0.6 is 0 Å². The highest BCUT2D eigenvalue weighted by atomic mass is 16.7. The highest BCUT2D eigenvalue weighted by Gasteiger charge is 2.47. The van der Waals surface area contributed by atoms with Crippen molar-refractivity contribution in [2.45, 2.75) is 397 Å². The van der Waals surface area contributed by atoms with Gasteiger partial charge in [0, 0.05) is 6.42 Å². The standard InChI is InChI=1S/C76H139NO10/c1-4-7-10-13-16-19-22-25-27-29-31-32-33-34-35-36-37-38-39-41-43-46-49-52-55-58-61-64-71(81)87-74-73(83)72(82)70(65-78)86-76(74)85-66-67(68(79)62-59-56-53-50-47-44-24-21-18-15-12-9-6-3)77-75(84)69(80)63-60-57-54-51-48-45-42-40-30-28-26-23-20-17-14-11-8-5-2/h16-17,19-20,25-28,59,62,67-70,72-74,76,78-80,82-83H,4-15,18,21-24,29-58,60-61,63-66H2,1-3H3,(H,77,84)/b19-16-,20-17-,27-25-,28-26-,62-59+. The van der Waals surface area contributed by atoms with E-state index in [4.69, 9.17) is 14.2 Å². The Morgan fingerprint density at radius 3 is 1.20 bits per heavy atom. The largest absolute Gasteiger partial charge is 0.454 e. The molecule has 11 nitrogen and oxygen atoms in total. The summed E-state index contributed by atoms with van der Waals surface area (Å²) >= 11 is 0. The summed E-state index contributed by atoms with van der Waals surface area (Å²) < 4.78 is 17.7. The maximum Gasteiger partial charge on any atom is 0.306 e. The lowest BCUT2D eigenvalue weighted by Gasteiger charge is -2.41. The second-order valence-corrected chi connectivity index (χ2v) is 25.7. The van der Waals surface area contributed by atoms with Gasteiger partial charge in [0.05, 0.1) is 25.4 Å². The molecule has 1 fully saturated rings.